The summed E-state index contributed by atoms with van der Waals surface area (Å²) >= 11 is 1.45. The molecule has 0 aliphatic heterocycles. The summed E-state index contributed by atoms with van der Waals surface area (Å²) in [5.74, 6) is 0.718. The predicted molar refractivity (Wildman–Crippen MR) is 97.8 cm³/mol. The molecule has 4 rings (SSSR count). The Kier molecular flexibility index (Phi) is 3.46. The minimum atomic E-state index is 0.0472. The van der Waals surface area contributed by atoms with Crippen LogP contribution in [0.5, 0.6) is 0 Å². The molecule has 1 N–H and O–H groups in total. The lowest BCUT2D eigenvalue weighted by molar-refractivity contribution is 0.394. The van der Waals surface area contributed by atoms with Gasteiger partial charge in [-0.05, 0) is 68.8 Å². The van der Waals surface area contributed by atoms with Gasteiger partial charge < -0.3 is 5.32 Å². The second kappa shape index (κ2) is 5.41. The molecule has 6 heteroatoms. The van der Waals surface area contributed by atoms with Crippen LogP contribution in [0.1, 0.15) is 37.9 Å². The number of rotatable bonds is 5. The van der Waals surface area contributed by atoms with Crippen molar-refractivity contribution in [2.75, 3.05) is 0 Å². The van der Waals surface area contributed by atoms with E-state index in [0.29, 0.717) is 0 Å². The van der Waals surface area contributed by atoms with Crippen LogP contribution in [0.15, 0.2) is 31.1 Å². The highest BCUT2D eigenvalue weighted by Gasteiger charge is 2.38. The lowest BCUT2D eigenvalue weighted by Crippen LogP contribution is -2.40. The molecule has 5 nitrogen and oxygen atoms in total. The molecule has 1 aliphatic carbocycles. The van der Waals surface area contributed by atoms with Gasteiger partial charge in [0.25, 0.3) is 0 Å². The molecule has 3 aromatic rings. The van der Waals surface area contributed by atoms with Gasteiger partial charge in [-0.1, -0.05) is 6.58 Å². The van der Waals surface area contributed by atoms with Gasteiger partial charge in [0.1, 0.15) is 11.4 Å². The minimum Gasteiger partial charge on any atom is -0.379 e. The van der Waals surface area contributed by atoms with Crippen molar-refractivity contribution < 1.29 is 0 Å². The van der Waals surface area contributed by atoms with Crippen LogP contribution in [0.4, 0.5) is 0 Å². The van der Waals surface area contributed by atoms with Crippen LogP contribution in [-0.4, -0.2) is 24.5 Å². The molecule has 0 radical (unpaired) electrons. The average Bonchev–Trinajstić information content (AvgIpc) is 3.09. The molecule has 0 bridgehead atoms. The van der Waals surface area contributed by atoms with Gasteiger partial charge in [0, 0.05) is 11.7 Å². The molecule has 0 spiro atoms. The van der Waals surface area contributed by atoms with E-state index in [1.807, 2.05) is 16.8 Å². The van der Waals surface area contributed by atoms with E-state index >= 15 is 0 Å². The van der Waals surface area contributed by atoms with E-state index in [2.05, 4.69) is 48.1 Å². The van der Waals surface area contributed by atoms with Crippen molar-refractivity contribution in [3.63, 3.8) is 0 Å². The first-order valence-electron chi connectivity index (χ1n) is 8.19. The standard InChI is InChI=1S/C18H21N5S/c1-11-9-14(16-7-8-20-24-16)22-23-15(10-19-17(11)23)12(2)21-18(3,4)13-5-6-13/h7-10,13,21H,2,5-6H2,1,3-4H3. The quantitative estimate of drug-likeness (QED) is 0.766. The smallest absolute Gasteiger partial charge is 0.157 e. The summed E-state index contributed by atoms with van der Waals surface area (Å²) < 4.78 is 6.07. The van der Waals surface area contributed by atoms with E-state index in [1.54, 1.807) is 6.20 Å². The third kappa shape index (κ3) is 2.60. The first-order chi connectivity index (χ1) is 11.5. The van der Waals surface area contributed by atoms with Gasteiger partial charge in [-0.2, -0.15) is 5.10 Å². The molecule has 0 aromatic carbocycles. The van der Waals surface area contributed by atoms with Crippen molar-refractivity contribution in [2.24, 2.45) is 5.92 Å². The number of nitrogens with one attached hydrogen (secondary N) is 1. The Labute approximate surface area is 145 Å². The van der Waals surface area contributed by atoms with Crippen molar-refractivity contribution in [3.8, 4) is 10.6 Å². The maximum atomic E-state index is 4.77. The number of imidazole rings is 1. The molecule has 1 aliphatic rings. The fourth-order valence-electron chi connectivity index (χ4n) is 3.16. The first kappa shape index (κ1) is 15.3. The van der Waals surface area contributed by atoms with E-state index in [9.17, 15) is 0 Å². The van der Waals surface area contributed by atoms with Gasteiger partial charge in [-0.3, -0.25) is 0 Å². The minimum absolute atomic E-state index is 0.0472. The van der Waals surface area contributed by atoms with Crippen molar-refractivity contribution in [1.29, 1.82) is 0 Å². The van der Waals surface area contributed by atoms with Crippen molar-refractivity contribution >= 4 is 22.9 Å². The van der Waals surface area contributed by atoms with Crippen LogP contribution >= 0.6 is 11.5 Å². The van der Waals surface area contributed by atoms with Crippen LogP contribution < -0.4 is 5.32 Å². The van der Waals surface area contributed by atoms with Gasteiger partial charge in [-0.15, -0.1) is 0 Å². The number of hydrogen-bond acceptors (Lipinski definition) is 5. The molecule has 0 atom stereocenters. The third-order valence-electron chi connectivity index (χ3n) is 4.72. The van der Waals surface area contributed by atoms with Crippen molar-refractivity contribution in [1.82, 2.24) is 24.3 Å². The van der Waals surface area contributed by atoms with Crippen LogP contribution in [0, 0.1) is 12.8 Å². The monoisotopic (exact) mass is 339 g/mol. The Hall–Kier alpha value is -2.21. The number of aryl methyl sites for hydroxylation is 1. The molecule has 24 heavy (non-hydrogen) atoms. The Balaban J connectivity index is 1.74. The molecule has 0 unspecified atom stereocenters. The Morgan fingerprint density at radius 2 is 2.21 bits per heavy atom. The molecular formula is C18H21N5S. The summed E-state index contributed by atoms with van der Waals surface area (Å²) in [5, 5.41) is 8.36. The maximum Gasteiger partial charge on any atom is 0.157 e. The third-order valence-corrected chi connectivity index (χ3v) is 5.49. The van der Waals surface area contributed by atoms with Gasteiger partial charge in [-0.25, -0.2) is 13.9 Å². The highest BCUT2D eigenvalue weighted by Crippen LogP contribution is 2.40. The topological polar surface area (TPSA) is 55.1 Å². The number of fused-ring (bicyclic) bond motifs is 1. The molecule has 0 amide bonds. The van der Waals surface area contributed by atoms with Gasteiger partial charge in [0.2, 0.25) is 0 Å². The highest BCUT2D eigenvalue weighted by atomic mass is 32.1. The molecule has 1 fully saturated rings. The van der Waals surface area contributed by atoms with Crippen LogP contribution in [0.2, 0.25) is 0 Å². The predicted octanol–water partition coefficient (Wildman–Crippen LogP) is 3.91. The fraction of sp³-hybridized carbons (Fsp3) is 0.389. The SMILES string of the molecule is C=C(NC(C)(C)C1CC1)c1cnc2c(C)cc(-c3ccns3)nn12. The van der Waals surface area contributed by atoms with Gasteiger partial charge in [0.15, 0.2) is 5.65 Å². The van der Waals surface area contributed by atoms with E-state index in [-0.39, 0.29) is 5.54 Å². The second-order valence-corrected chi connectivity index (χ2v) is 7.90. The lowest BCUT2D eigenvalue weighted by atomic mass is 9.98. The summed E-state index contributed by atoms with van der Waals surface area (Å²) in [5.41, 5.74) is 4.70. The van der Waals surface area contributed by atoms with E-state index in [4.69, 9.17) is 5.10 Å². The van der Waals surface area contributed by atoms with Crippen LogP contribution in [-0.2, 0) is 0 Å². The molecule has 3 heterocycles. The number of aromatic nitrogens is 4. The number of nitrogens with zero attached hydrogens (tertiary/aromatic N) is 4. The molecule has 3 aromatic heterocycles. The summed E-state index contributed by atoms with van der Waals surface area (Å²) in [6.07, 6.45) is 6.22. The Bertz CT molecular complexity index is 903. The van der Waals surface area contributed by atoms with Gasteiger partial charge in [0.05, 0.1) is 16.8 Å². The van der Waals surface area contributed by atoms with Gasteiger partial charge >= 0.3 is 0 Å². The van der Waals surface area contributed by atoms with Crippen molar-refractivity contribution in [3.05, 3.63) is 42.4 Å². The zero-order valence-electron chi connectivity index (χ0n) is 14.2. The van der Waals surface area contributed by atoms with E-state index in [0.717, 1.165) is 39.1 Å². The zero-order valence-corrected chi connectivity index (χ0v) is 15.0. The number of hydrogen-bond donors (Lipinski definition) is 1. The lowest BCUT2D eigenvalue weighted by Gasteiger charge is -2.28. The molecular weight excluding hydrogens is 318 g/mol. The fourth-order valence-corrected chi connectivity index (χ4v) is 3.71. The average molecular weight is 339 g/mol. The normalized spacial score (nSPS) is 15.0. The summed E-state index contributed by atoms with van der Waals surface area (Å²) in [4.78, 5) is 5.59. The summed E-state index contributed by atoms with van der Waals surface area (Å²) in [7, 11) is 0. The summed E-state index contributed by atoms with van der Waals surface area (Å²) in [6.45, 7) is 10.8. The molecule has 1 saturated carbocycles. The molecule has 124 valence electrons. The Morgan fingerprint density at radius 3 is 2.88 bits per heavy atom. The van der Waals surface area contributed by atoms with Crippen LogP contribution in [0.3, 0.4) is 0 Å². The van der Waals surface area contributed by atoms with E-state index < -0.39 is 0 Å². The Morgan fingerprint density at radius 1 is 1.42 bits per heavy atom. The largest absolute Gasteiger partial charge is 0.379 e. The zero-order chi connectivity index (χ0) is 16.9. The maximum absolute atomic E-state index is 4.77. The highest BCUT2D eigenvalue weighted by molar-refractivity contribution is 7.09. The van der Waals surface area contributed by atoms with E-state index in [1.165, 1.54) is 24.4 Å². The summed E-state index contributed by atoms with van der Waals surface area (Å²) in [6, 6.07) is 4.04. The van der Waals surface area contributed by atoms with Crippen molar-refractivity contribution in [2.45, 2.75) is 39.2 Å². The first-order valence-corrected chi connectivity index (χ1v) is 8.97. The second-order valence-electron chi connectivity index (χ2n) is 7.07. The molecule has 0 saturated heterocycles. The van der Waals surface area contributed by atoms with Crippen LogP contribution in [0.25, 0.3) is 21.9 Å².